The van der Waals surface area contributed by atoms with Gasteiger partial charge in [0, 0.05) is 17.7 Å². The van der Waals surface area contributed by atoms with E-state index in [9.17, 15) is 9.18 Å². The van der Waals surface area contributed by atoms with Gasteiger partial charge in [0.15, 0.2) is 0 Å². The summed E-state index contributed by atoms with van der Waals surface area (Å²) in [5, 5.41) is 9.59. The number of hydrogen-bond acceptors (Lipinski definition) is 5. The fourth-order valence-corrected chi connectivity index (χ4v) is 2.14. The van der Waals surface area contributed by atoms with Crippen molar-refractivity contribution < 1.29 is 23.8 Å². The molecule has 0 saturated carbocycles. The van der Waals surface area contributed by atoms with Crippen molar-refractivity contribution in [3.05, 3.63) is 29.6 Å². The molecule has 0 aliphatic carbocycles. The van der Waals surface area contributed by atoms with Gasteiger partial charge >= 0.3 is 0 Å². The third kappa shape index (κ3) is 5.03. The van der Waals surface area contributed by atoms with Crippen LogP contribution in [0, 0.1) is 5.82 Å². The second kappa shape index (κ2) is 8.23. The van der Waals surface area contributed by atoms with Crippen molar-refractivity contribution in [2.24, 2.45) is 10.7 Å². The summed E-state index contributed by atoms with van der Waals surface area (Å²) in [6.07, 6.45) is 0.359. The van der Waals surface area contributed by atoms with Crippen molar-refractivity contribution in [3.8, 4) is 0 Å². The second-order valence-electron chi connectivity index (χ2n) is 5.07. The van der Waals surface area contributed by atoms with E-state index in [0.717, 1.165) is 0 Å². The van der Waals surface area contributed by atoms with Gasteiger partial charge in [0.05, 0.1) is 6.61 Å². The van der Waals surface area contributed by atoms with E-state index in [1.54, 1.807) is 19.9 Å². The molecule has 1 aromatic carbocycles. The normalized spacial score (nSPS) is 19.9. The van der Waals surface area contributed by atoms with E-state index >= 15 is 0 Å². The van der Waals surface area contributed by atoms with Gasteiger partial charge in [-0.2, -0.15) is 0 Å². The molecule has 1 amide bonds. The minimum atomic E-state index is -0.876. The van der Waals surface area contributed by atoms with Crippen molar-refractivity contribution in [2.75, 3.05) is 18.5 Å². The monoisotopic (exact) mass is 325 g/mol. The van der Waals surface area contributed by atoms with Crippen LogP contribution < -0.4 is 11.1 Å². The maximum absolute atomic E-state index is 14.1. The number of benzene rings is 1. The van der Waals surface area contributed by atoms with Crippen LogP contribution in [0.15, 0.2) is 23.2 Å². The van der Waals surface area contributed by atoms with Gasteiger partial charge in [-0.25, -0.2) is 4.39 Å². The summed E-state index contributed by atoms with van der Waals surface area (Å²) in [4.78, 5) is 24.1. The van der Waals surface area contributed by atoms with Crippen LogP contribution >= 0.6 is 0 Å². The number of anilines is 1. The minimum Gasteiger partial charge on any atom is -0.483 e. The number of rotatable bonds is 3. The number of carbonyl (C=O) groups is 2. The molecule has 126 valence electrons. The fourth-order valence-electron chi connectivity index (χ4n) is 2.14. The van der Waals surface area contributed by atoms with Gasteiger partial charge < -0.3 is 20.9 Å². The van der Waals surface area contributed by atoms with Crippen LogP contribution in [-0.2, 0) is 19.9 Å². The molecule has 1 heterocycles. The first-order valence-electron chi connectivity index (χ1n) is 6.96. The zero-order chi connectivity index (χ0) is 17.5. The molecule has 0 aromatic heterocycles. The van der Waals surface area contributed by atoms with Crippen molar-refractivity contribution in [1.82, 2.24) is 0 Å². The van der Waals surface area contributed by atoms with Crippen LogP contribution in [0.4, 0.5) is 10.1 Å². The number of ether oxygens (including phenoxy) is 1. The average Bonchev–Trinajstić information content (AvgIpc) is 2.49. The summed E-state index contributed by atoms with van der Waals surface area (Å²) in [6.45, 7) is 3.75. The maximum atomic E-state index is 14.1. The first-order chi connectivity index (χ1) is 10.9. The first kappa shape index (κ1) is 18.6. The summed E-state index contributed by atoms with van der Waals surface area (Å²) in [5.74, 6) is -0.194. The van der Waals surface area contributed by atoms with Crippen LogP contribution in [0.3, 0.4) is 0 Å². The smallest absolute Gasteiger partial charge is 0.290 e. The van der Waals surface area contributed by atoms with E-state index in [4.69, 9.17) is 20.4 Å². The van der Waals surface area contributed by atoms with Gasteiger partial charge in [-0.15, -0.1) is 0 Å². The fraction of sp³-hybridized carbons (Fsp3) is 0.400. The molecule has 0 fully saturated rings. The standard InChI is InChI=1S/C14H18FN3O2.CH2O2/c1-3-13(19)17-9-4-5-11(15)10(6-9)14(2)8-20-7-12(16)18-14;2-1-3/h4-6H,3,7-8H2,1-2H3,(H2,16,18)(H,17,19);1H,(H,2,3). The summed E-state index contributed by atoms with van der Waals surface area (Å²) in [6, 6.07) is 4.41. The molecule has 0 bridgehead atoms. The molecule has 1 aliphatic rings. The molecular formula is C15H20FN3O4. The SMILES string of the molecule is CCC(=O)Nc1ccc(F)c(C2(C)COCC(N)=N2)c1.O=CO. The summed E-state index contributed by atoms with van der Waals surface area (Å²) >= 11 is 0. The lowest BCUT2D eigenvalue weighted by molar-refractivity contribution is -0.123. The van der Waals surface area contributed by atoms with Gasteiger partial charge in [-0.1, -0.05) is 6.92 Å². The van der Waals surface area contributed by atoms with Crippen molar-refractivity contribution >= 4 is 23.9 Å². The number of carbonyl (C=O) groups excluding carboxylic acids is 1. The molecule has 0 spiro atoms. The number of halogens is 1. The van der Waals surface area contributed by atoms with Gasteiger partial charge in [0.2, 0.25) is 5.91 Å². The molecule has 0 radical (unpaired) electrons. The molecule has 1 unspecified atom stereocenters. The van der Waals surface area contributed by atoms with Crippen molar-refractivity contribution in [1.29, 1.82) is 0 Å². The van der Waals surface area contributed by atoms with E-state index in [2.05, 4.69) is 10.3 Å². The molecule has 4 N–H and O–H groups in total. The molecule has 8 heteroatoms. The Morgan fingerprint density at radius 2 is 2.26 bits per heavy atom. The zero-order valence-electron chi connectivity index (χ0n) is 13.0. The van der Waals surface area contributed by atoms with Crippen LogP contribution in [0.2, 0.25) is 0 Å². The van der Waals surface area contributed by atoms with Crippen molar-refractivity contribution in [2.45, 2.75) is 25.8 Å². The zero-order valence-corrected chi connectivity index (χ0v) is 13.0. The van der Waals surface area contributed by atoms with E-state index in [1.807, 2.05) is 0 Å². The maximum Gasteiger partial charge on any atom is 0.290 e. The highest BCUT2D eigenvalue weighted by Gasteiger charge is 2.32. The number of amides is 1. The molecule has 0 saturated heterocycles. The number of nitrogens with one attached hydrogen (secondary N) is 1. The molecule has 7 nitrogen and oxygen atoms in total. The van der Waals surface area contributed by atoms with E-state index in [0.29, 0.717) is 23.5 Å². The number of aliphatic imine (C=N–C) groups is 1. The highest BCUT2D eigenvalue weighted by Crippen LogP contribution is 2.32. The lowest BCUT2D eigenvalue weighted by Gasteiger charge is -2.30. The summed E-state index contributed by atoms with van der Waals surface area (Å²) in [7, 11) is 0. The van der Waals surface area contributed by atoms with Crippen LogP contribution in [-0.4, -0.2) is 36.5 Å². The Morgan fingerprint density at radius 3 is 2.83 bits per heavy atom. The number of nitrogens with zero attached hydrogens (tertiary/aromatic N) is 1. The Morgan fingerprint density at radius 1 is 1.61 bits per heavy atom. The lowest BCUT2D eigenvalue weighted by Crippen LogP contribution is -2.38. The molecular weight excluding hydrogens is 305 g/mol. The Bertz CT molecular complexity index is 606. The quantitative estimate of drug-likeness (QED) is 0.728. The third-order valence-electron chi connectivity index (χ3n) is 3.17. The largest absolute Gasteiger partial charge is 0.483 e. The summed E-state index contributed by atoms with van der Waals surface area (Å²) < 4.78 is 19.4. The van der Waals surface area contributed by atoms with Gasteiger partial charge in [0.1, 0.15) is 23.8 Å². The number of hydrogen-bond donors (Lipinski definition) is 3. The second-order valence-corrected chi connectivity index (χ2v) is 5.07. The number of amidine groups is 1. The Kier molecular flexibility index (Phi) is 6.65. The number of nitrogens with two attached hydrogens (primary N) is 1. The van der Waals surface area contributed by atoms with Crippen molar-refractivity contribution in [3.63, 3.8) is 0 Å². The molecule has 1 aromatic rings. The molecule has 1 atom stereocenters. The average molecular weight is 325 g/mol. The lowest BCUT2D eigenvalue weighted by atomic mass is 9.92. The van der Waals surface area contributed by atoms with Crippen LogP contribution in [0.1, 0.15) is 25.8 Å². The molecule has 23 heavy (non-hydrogen) atoms. The first-order valence-corrected chi connectivity index (χ1v) is 6.96. The predicted octanol–water partition coefficient (Wildman–Crippen LogP) is 1.48. The minimum absolute atomic E-state index is 0.129. The van der Waals surface area contributed by atoms with Crippen LogP contribution in [0.25, 0.3) is 0 Å². The topological polar surface area (TPSA) is 114 Å². The highest BCUT2D eigenvalue weighted by molar-refractivity contribution is 5.90. The third-order valence-corrected chi connectivity index (χ3v) is 3.17. The Hall–Kier alpha value is -2.48. The molecule has 2 rings (SSSR count). The molecule has 1 aliphatic heterocycles. The predicted molar refractivity (Wildman–Crippen MR) is 83.8 cm³/mol. The highest BCUT2D eigenvalue weighted by atomic mass is 19.1. The van der Waals surface area contributed by atoms with E-state index in [1.165, 1.54) is 12.1 Å². The van der Waals surface area contributed by atoms with Gasteiger partial charge in [-0.05, 0) is 25.1 Å². The van der Waals surface area contributed by atoms with Gasteiger partial charge in [-0.3, -0.25) is 14.6 Å². The van der Waals surface area contributed by atoms with E-state index < -0.39 is 11.4 Å². The van der Waals surface area contributed by atoms with E-state index in [-0.39, 0.29) is 25.6 Å². The Balaban J connectivity index is 0.000000816. The summed E-state index contributed by atoms with van der Waals surface area (Å²) in [5.41, 5.74) is 5.69. The van der Waals surface area contributed by atoms with Gasteiger partial charge in [0.25, 0.3) is 6.47 Å². The van der Waals surface area contributed by atoms with Crippen LogP contribution in [0.5, 0.6) is 0 Å². The number of carboxylic acid groups (broad SMARTS) is 1. The Labute approximate surface area is 133 Å².